The second-order valence-corrected chi connectivity index (χ2v) is 7.72. The van der Waals surface area contributed by atoms with Crippen molar-refractivity contribution in [1.29, 1.82) is 0 Å². The van der Waals surface area contributed by atoms with E-state index in [1.54, 1.807) is 0 Å². The molecule has 1 aromatic carbocycles. The second kappa shape index (κ2) is 5.81. The monoisotopic (exact) mass is 308 g/mol. The fraction of sp³-hybridized carbons (Fsp3) is 0.667. The van der Waals surface area contributed by atoms with Crippen LogP contribution in [0.5, 0.6) is 5.75 Å². The Hall–Kier alpha value is -0.730. The molecule has 1 aliphatic heterocycles. The van der Waals surface area contributed by atoms with E-state index in [1.165, 1.54) is 19.3 Å². The summed E-state index contributed by atoms with van der Waals surface area (Å²) in [5, 5.41) is 11.2. The highest BCUT2D eigenvalue weighted by molar-refractivity contribution is 6.30. The zero-order chi connectivity index (χ0) is 15.0. The first-order valence-corrected chi connectivity index (χ1v) is 8.52. The first-order chi connectivity index (χ1) is 9.97. The van der Waals surface area contributed by atoms with Crippen LogP contribution in [0, 0.1) is 11.8 Å². The highest BCUT2D eigenvalue weighted by Crippen LogP contribution is 2.48. The van der Waals surface area contributed by atoms with Gasteiger partial charge in [-0.3, -0.25) is 0 Å². The highest BCUT2D eigenvalue weighted by Gasteiger charge is 2.44. The van der Waals surface area contributed by atoms with Crippen LogP contribution in [0.3, 0.4) is 0 Å². The van der Waals surface area contributed by atoms with Gasteiger partial charge in [0.1, 0.15) is 11.4 Å². The topological polar surface area (TPSA) is 29.5 Å². The van der Waals surface area contributed by atoms with Crippen molar-refractivity contribution in [3.05, 3.63) is 28.8 Å². The van der Waals surface area contributed by atoms with Crippen molar-refractivity contribution in [3.63, 3.8) is 0 Å². The Morgan fingerprint density at radius 3 is 2.95 bits per heavy atom. The number of aliphatic hydroxyl groups is 1. The number of benzene rings is 1. The fourth-order valence-corrected chi connectivity index (χ4v) is 4.38. The average Bonchev–Trinajstić information content (AvgIpc) is 2.39. The van der Waals surface area contributed by atoms with Gasteiger partial charge >= 0.3 is 0 Å². The lowest BCUT2D eigenvalue weighted by atomic mass is 9.71. The van der Waals surface area contributed by atoms with E-state index in [0.29, 0.717) is 11.4 Å². The molecule has 3 rings (SSSR count). The summed E-state index contributed by atoms with van der Waals surface area (Å²) in [6.45, 7) is 4.57. The number of rotatable bonds is 2. The third kappa shape index (κ3) is 3.22. The van der Waals surface area contributed by atoms with Gasteiger partial charge in [-0.1, -0.05) is 31.9 Å². The Labute approximate surface area is 132 Å². The van der Waals surface area contributed by atoms with E-state index < -0.39 is 6.10 Å². The number of ether oxygens (including phenoxy) is 1. The SMILES string of the molecule is CC(C)CC1CCCC2(C1)CC(O)c1cc(Cl)ccc1O2. The van der Waals surface area contributed by atoms with Gasteiger partial charge in [-0.05, 0) is 55.7 Å². The van der Waals surface area contributed by atoms with E-state index in [4.69, 9.17) is 16.3 Å². The molecule has 0 amide bonds. The predicted molar refractivity (Wildman–Crippen MR) is 85.8 cm³/mol. The van der Waals surface area contributed by atoms with E-state index in [1.807, 2.05) is 18.2 Å². The van der Waals surface area contributed by atoms with Crippen molar-refractivity contribution in [3.8, 4) is 5.75 Å². The van der Waals surface area contributed by atoms with Crippen molar-refractivity contribution in [2.45, 2.75) is 64.1 Å². The Morgan fingerprint density at radius 2 is 2.19 bits per heavy atom. The summed E-state index contributed by atoms with van der Waals surface area (Å²) in [4.78, 5) is 0. The van der Waals surface area contributed by atoms with Crippen molar-refractivity contribution >= 4 is 11.6 Å². The molecule has 1 N–H and O–H groups in total. The molecule has 2 aliphatic rings. The summed E-state index contributed by atoms with van der Waals surface area (Å²) < 4.78 is 6.38. The summed E-state index contributed by atoms with van der Waals surface area (Å²) in [6, 6.07) is 5.59. The lowest BCUT2D eigenvalue weighted by Crippen LogP contribution is -2.45. The van der Waals surface area contributed by atoms with Gasteiger partial charge in [-0.2, -0.15) is 0 Å². The molecule has 1 fully saturated rings. The lowest BCUT2D eigenvalue weighted by Gasteiger charge is -2.46. The minimum absolute atomic E-state index is 0.169. The first-order valence-electron chi connectivity index (χ1n) is 8.14. The quantitative estimate of drug-likeness (QED) is 0.820. The predicted octanol–water partition coefficient (Wildman–Crippen LogP) is 5.13. The molecule has 1 spiro atoms. The molecule has 3 atom stereocenters. The van der Waals surface area contributed by atoms with E-state index in [9.17, 15) is 5.11 Å². The number of aliphatic hydroxyl groups excluding tert-OH is 1. The fourth-order valence-electron chi connectivity index (χ4n) is 4.20. The van der Waals surface area contributed by atoms with Gasteiger partial charge in [0.15, 0.2) is 0 Å². The van der Waals surface area contributed by atoms with Gasteiger partial charge in [0.25, 0.3) is 0 Å². The Bertz CT molecular complexity index is 514. The summed E-state index contributed by atoms with van der Waals surface area (Å²) in [6.07, 6.45) is 6.14. The molecule has 1 aliphatic carbocycles. The van der Waals surface area contributed by atoms with Crippen LogP contribution >= 0.6 is 11.6 Å². The van der Waals surface area contributed by atoms with Crippen LogP contribution in [0.2, 0.25) is 5.02 Å². The van der Waals surface area contributed by atoms with Crippen LogP contribution < -0.4 is 4.74 Å². The van der Waals surface area contributed by atoms with Crippen molar-refractivity contribution < 1.29 is 9.84 Å². The van der Waals surface area contributed by atoms with E-state index in [-0.39, 0.29) is 5.60 Å². The van der Waals surface area contributed by atoms with Gasteiger partial charge in [0, 0.05) is 17.0 Å². The van der Waals surface area contributed by atoms with Crippen LogP contribution in [0.15, 0.2) is 18.2 Å². The van der Waals surface area contributed by atoms with Gasteiger partial charge in [0.05, 0.1) is 6.10 Å². The molecule has 21 heavy (non-hydrogen) atoms. The Balaban J connectivity index is 1.82. The zero-order valence-electron chi connectivity index (χ0n) is 12.9. The molecule has 1 saturated carbocycles. The maximum absolute atomic E-state index is 10.5. The van der Waals surface area contributed by atoms with Crippen LogP contribution in [0.4, 0.5) is 0 Å². The van der Waals surface area contributed by atoms with E-state index in [0.717, 1.165) is 36.0 Å². The third-order valence-corrected chi connectivity index (χ3v) is 5.17. The lowest BCUT2D eigenvalue weighted by molar-refractivity contribution is -0.0538. The Kier molecular flexibility index (Phi) is 4.20. The average molecular weight is 309 g/mol. The van der Waals surface area contributed by atoms with Crippen LogP contribution in [-0.4, -0.2) is 10.7 Å². The van der Waals surface area contributed by atoms with Crippen LogP contribution in [0.25, 0.3) is 0 Å². The number of halogens is 1. The molecule has 2 nitrogen and oxygen atoms in total. The van der Waals surface area contributed by atoms with E-state index in [2.05, 4.69) is 13.8 Å². The normalized spacial score (nSPS) is 32.0. The maximum Gasteiger partial charge on any atom is 0.126 e. The third-order valence-electron chi connectivity index (χ3n) is 4.93. The molecule has 3 heteroatoms. The molecular formula is C18H25ClO2. The minimum atomic E-state index is -0.453. The summed E-state index contributed by atoms with van der Waals surface area (Å²) in [5.41, 5.74) is 0.678. The van der Waals surface area contributed by atoms with Crippen molar-refractivity contribution in [1.82, 2.24) is 0 Å². The molecule has 1 aromatic rings. The summed E-state index contributed by atoms with van der Waals surface area (Å²) in [7, 11) is 0. The van der Waals surface area contributed by atoms with Crippen molar-refractivity contribution in [2.24, 2.45) is 11.8 Å². The molecule has 3 unspecified atom stereocenters. The highest BCUT2D eigenvalue weighted by atomic mass is 35.5. The number of hydrogen-bond donors (Lipinski definition) is 1. The van der Waals surface area contributed by atoms with Crippen molar-refractivity contribution in [2.75, 3.05) is 0 Å². The smallest absolute Gasteiger partial charge is 0.126 e. The molecule has 0 radical (unpaired) electrons. The van der Waals surface area contributed by atoms with Gasteiger partial charge in [-0.15, -0.1) is 0 Å². The molecule has 1 heterocycles. The minimum Gasteiger partial charge on any atom is -0.487 e. The molecule has 116 valence electrons. The molecule has 0 bridgehead atoms. The standard InChI is InChI=1S/C18H25ClO2/c1-12(2)8-13-4-3-7-18(10-13)11-16(20)15-9-14(19)5-6-17(15)21-18/h5-6,9,12-13,16,20H,3-4,7-8,10-11H2,1-2H3. The molecule has 0 saturated heterocycles. The zero-order valence-corrected chi connectivity index (χ0v) is 13.7. The number of hydrogen-bond acceptors (Lipinski definition) is 2. The second-order valence-electron chi connectivity index (χ2n) is 7.28. The molecular weight excluding hydrogens is 284 g/mol. The Morgan fingerprint density at radius 1 is 1.38 bits per heavy atom. The first kappa shape index (κ1) is 15.2. The van der Waals surface area contributed by atoms with Gasteiger partial charge in [0.2, 0.25) is 0 Å². The van der Waals surface area contributed by atoms with Gasteiger partial charge < -0.3 is 9.84 Å². The molecule has 0 aromatic heterocycles. The number of fused-ring (bicyclic) bond motifs is 1. The summed E-state index contributed by atoms with van der Waals surface area (Å²) in [5.74, 6) is 2.27. The van der Waals surface area contributed by atoms with Crippen LogP contribution in [-0.2, 0) is 0 Å². The maximum atomic E-state index is 10.5. The largest absolute Gasteiger partial charge is 0.487 e. The van der Waals surface area contributed by atoms with Gasteiger partial charge in [-0.25, -0.2) is 0 Å². The van der Waals surface area contributed by atoms with E-state index >= 15 is 0 Å². The summed E-state index contributed by atoms with van der Waals surface area (Å²) >= 11 is 6.03. The van der Waals surface area contributed by atoms with Crippen LogP contribution in [0.1, 0.15) is 64.0 Å².